The molecule has 0 spiro atoms. The lowest BCUT2D eigenvalue weighted by Crippen LogP contribution is -2.41. The Kier molecular flexibility index (Phi) is 2.13. The largest absolute Gasteiger partial charge is 0.421 e. The van der Waals surface area contributed by atoms with Gasteiger partial charge in [-0.1, -0.05) is 11.6 Å². The molecule has 2 rings (SSSR count). The lowest BCUT2D eigenvalue weighted by atomic mass is 10.2. The first kappa shape index (κ1) is 10.3. The minimum absolute atomic E-state index is 0.472. The van der Waals surface area contributed by atoms with E-state index in [-0.39, 0.29) is 0 Å². The van der Waals surface area contributed by atoms with E-state index < -0.39 is 11.4 Å². The summed E-state index contributed by atoms with van der Waals surface area (Å²) < 4.78 is 6.43. The minimum Gasteiger partial charge on any atom is -0.408 e. The Labute approximate surface area is 91.2 Å². The van der Waals surface area contributed by atoms with Crippen molar-refractivity contribution in [3.05, 3.63) is 33.8 Å². The molecule has 15 heavy (non-hydrogen) atoms. The van der Waals surface area contributed by atoms with E-state index in [1.165, 1.54) is 4.57 Å². The van der Waals surface area contributed by atoms with Crippen LogP contribution >= 0.6 is 11.6 Å². The summed E-state index contributed by atoms with van der Waals surface area (Å²) in [5.41, 5.74) is 6.17. The fourth-order valence-electron chi connectivity index (χ4n) is 1.54. The number of hydrogen-bond acceptors (Lipinski definition) is 3. The van der Waals surface area contributed by atoms with Gasteiger partial charge in [0, 0.05) is 5.02 Å². The summed E-state index contributed by atoms with van der Waals surface area (Å²) in [6.07, 6.45) is 0. The SMILES string of the molecule is CC(C)(N)n1c(=O)oc2ccc(Cl)cc21. The van der Waals surface area contributed by atoms with Crippen molar-refractivity contribution in [2.24, 2.45) is 5.73 Å². The van der Waals surface area contributed by atoms with Crippen LogP contribution in [0.2, 0.25) is 5.02 Å². The Bertz CT molecular complexity index is 563. The maximum Gasteiger partial charge on any atom is 0.421 e. The highest BCUT2D eigenvalue weighted by Gasteiger charge is 2.21. The highest BCUT2D eigenvalue weighted by molar-refractivity contribution is 6.31. The van der Waals surface area contributed by atoms with Crippen LogP contribution in [0.5, 0.6) is 0 Å². The Morgan fingerprint density at radius 3 is 2.73 bits per heavy atom. The van der Waals surface area contributed by atoms with Gasteiger partial charge in [-0.15, -0.1) is 0 Å². The Balaban J connectivity index is 2.89. The number of benzene rings is 1. The number of fused-ring (bicyclic) bond motifs is 1. The molecule has 1 heterocycles. The van der Waals surface area contributed by atoms with Crippen molar-refractivity contribution in [2.75, 3.05) is 0 Å². The molecular formula is C10H11ClN2O2. The Morgan fingerprint density at radius 2 is 2.13 bits per heavy atom. The number of nitrogens with zero attached hydrogens (tertiary/aromatic N) is 1. The van der Waals surface area contributed by atoms with Crippen LogP contribution in [0.4, 0.5) is 0 Å². The van der Waals surface area contributed by atoms with Crippen molar-refractivity contribution in [2.45, 2.75) is 19.5 Å². The van der Waals surface area contributed by atoms with Gasteiger partial charge in [0.2, 0.25) is 0 Å². The molecule has 0 aliphatic heterocycles. The fourth-order valence-corrected chi connectivity index (χ4v) is 1.70. The van der Waals surface area contributed by atoms with Crippen molar-refractivity contribution in [1.82, 2.24) is 4.57 Å². The molecule has 0 fully saturated rings. The highest BCUT2D eigenvalue weighted by Crippen LogP contribution is 2.21. The summed E-state index contributed by atoms with van der Waals surface area (Å²) in [7, 11) is 0. The van der Waals surface area contributed by atoms with Gasteiger partial charge in [0.1, 0.15) is 0 Å². The predicted octanol–water partition coefficient (Wildman–Crippen LogP) is 1.90. The van der Waals surface area contributed by atoms with Gasteiger partial charge in [0.15, 0.2) is 5.58 Å². The molecule has 1 aromatic heterocycles. The van der Waals surface area contributed by atoms with Crippen molar-refractivity contribution in [3.63, 3.8) is 0 Å². The van der Waals surface area contributed by atoms with Crippen molar-refractivity contribution < 1.29 is 4.42 Å². The molecule has 0 unspecified atom stereocenters. The van der Waals surface area contributed by atoms with Gasteiger partial charge < -0.3 is 10.2 Å². The van der Waals surface area contributed by atoms with Gasteiger partial charge in [-0.25, -0.2) is 4.79 Å². The summed E-state index contributed by atoms with van der Waals surface area (Å²) in [5, 5.41) is 0.543. The third-order valence-electron chi connectivity index (χ3n) is 2.12. The summed E-state index contributed by atoms with van der Waals surface area (Å²) in [5.74, 6) is -0.472. The monoisotopic (exact) mass is 226 g/mol. The molecule has 0 saturated heterocycles. The maximum absolute atomic E-state index is 11.6. The zero-order chi connectivity index (χ0) is 11.2. The first-order valence-corrected chi connectivity index (χ1v) is 4.88. The third-order valence-corrected chi connectivity index (χ3v) is 2.35. The number of hydrogen-bond donors (Lipinski definition) is 1. The normalized spacial score (nSPS) is 12.3. The average Bonchev–Trinajstić information content (AvgIpc) is 2.38. The molecule has 80 valence electrons. The van der Waals surface area contributed by atoms with Crippen LogP contribution in [0.1, 0.15) is 13.8 Å². The predicted molar refractivity (Wildman–Crippen MR) is 59.0 cm³/mol. The second-order valence-corrected chi connectivity index (χ2v) is 4.41. The van der Waals surface area contributed by atoms with E-state index in [1.54, 1.807) is 32.0 Å². The topological polar surface area (TPSA) is 61.2 Å². The molecule has 0 amide bonds. The van der Waals surface area contributed by atoms with Gasteiger partial charge >= 0.3 is 5.76 Å². The lowest BCUT2D eigenvalue weighted by Gasteiger charge is -2.19. The molecule has 0 saturated carbocycles. The molecule has 2 aromatic rings. The van der Waals surface area contributed by atoms with Crippen LogP contribution < -0.4 is 11.5 Å². The van der Waals surface area contributed by atoms with Crippen LogP contribution in [0.25, 0.3) is 11.1 Å². The molecule has 0 aliphatic carbocycles. The van der Waals surface area contributed by atoms with Gasteiger partial charge in [-0.05, 0) is 32.0 Å². The second-order valence-electron chi connectivity index (χ2n) is 3.97. The van der Waals surface area contributed by atoms with Crippen LogP contribution in [0, 0.1) is 0 Å². The van der Waals surface area contributed by atoms with Gasteiger partial charge in [0.25, 0.3) is 0 Å². The van der Waals surface area contributed by atoms with Crippen LogP contribution in [-0.4, -0.2) is 4.57 Å². The van der Waals surface area contributed by atoms with Crippen LogP contribution in [0.15, 0.2) is 27.4 Å². The molecule has 0 aliphatic rings. The van der Waals surface area contributed by atoms with Gasteiger partial charge in [-0.2, -0.15) is 0 Å². The molecular weight excluding hydrogens is 216 g/mol. The number of rotatable bonds is 1. The molecule has 1 aromatic carbocycles. The van der Waals surface area contributed by atoms with Crippen LogP contribution in [0.3, 0.4) is 0 Å². The van der Waals surface area contributed by atoms with E-state index in [4.69, 9.17) is 21.8 Å². The van der Waals surface area contributed by atoms with E-state index in [0.29, 0.717) is 16.1 Å². The van der Waals surface area contributed by atoms with E-state index >= 15 is 0 Å². The van der Waals surface area contributed by atoms with Crippen molar-refractivity contribution in [3.8, 4) is 0 Å². The lowest BCUT2D eigenvalue weighted by molar-refractivity contribution is 0.343. The van der Waals surface area contributed by atoms with Gasteiger partial charge in [-0.3, -0.25) is 4.57 Å². The van der Waals surface area contributed by atoms with Crippen LogP contribution in [-0.2, 0) is 5.66 Å². The number of oxazole rings is 1. The minimum atomic E-state index is -0.812. The van der Waals surface area contributed by atoms with Gasteiger partial charge in [0.05, 0.1) is 11.2 Å². The summed E-state index contributed by atoms with van der Waals surface area (Å²) in [6.45, 7) is 3.45. The molecule has 0 radical (unpaired) electrons. The zero-order valence-corrected chi connectivity index (χ0v) is 9.21. The molecule has 4 nitrogen and oxygen atoms in total. The smallest absolute Gasteiger partial charge is 0.408 e. The quantitative estimate of drug-likeness (QED) is 0.808. The molecule has 0 atom stereocenters. The van der Waals surface area contributed by atoms with Crippen molar-refractivity contribution in [1.29, 1.82) is 0 Å². The zero-order valence-electron chi connectivity index (χ0n) is 8.45. The number of halogens is 1. The summed E-state index contributed by atoms with van der Waals surface area (Å²) in [4.78, 5) is 11.6. The van der Waals surface area contributed by atoms with E-state index in [0.717, 1.165) is 0 Å². The second kappa shape index (κ2) is 3.12. The average molecular weight is 227 g/mol. The molecule has 0 bridgehead atoms. The third kappa shape index (κ3) is 1.66. The van der Waals surface area contributed by atoms with E-state index in [9.17, 15) is 4.79 Å². The van der Waals surface area contributed by atoms with E-state index in [2.05, 4.69) is 0 Å². The summed E-state index contributed by atoms with van der Waals surface area (Å²) in [6, 6.07) is 4.98. The number of aromatic nitrogens is 1. The maximum atomic E-state index is 11.6. The first-order valence-electron chi connectivity index (χ1n) is 4.50. The fraction of sp³-hybridized carbons (Fsp3) is 0.300. The van der Waals surface area contributed by atoms with E-state index in [1.807, 2.05) is 0 Å². The van der Waals surface area contributed by atoms with Crippen molar-refractivity contribution >= 4 is 22.7 Å². The molecule has 5 heteroatoms. The Hall–Kier alpha value is -1.26. The number of nitrogens with two attached hydrogens (primary N) is 1. The first-order chi connectivity index (χ1) is 6.89. The standard InChI is InChI=1S/C10H11ClN2O2/c1-10(2,12)13-7-5-6(11)3-4-8(7)15-9(13)14/h3-5H,12H2,1-2H3. The molecule has 2 N–H and O–H groups in total. The highest BCUT2D eigenvalue weighted by atomic mass is 35.5. The Morgan fingerprint density at radius 1 is 1.47 bits per heavy atom. The summed E-state index contributed by atoms with van der Waals surface area (Å²) >= 11 is 5.85.